The van der Waals surface area contributed by atoms with E-state index in [1.54, 1.807) is 12.2 Å². The normalized spacial score (nSPS) is 10.9. The van der Waals surface area contributed by atoms with E-state index in [2.05, 4.69) is 48.7 Å². The summed E-state index contributed by atoms with van der Waals surface area (Å²) in [6.07, 6.45) is 5.48. The van der Waals surface area contributed by atoms with Crippen molar-refractivity contribution in [3.8, 4) is 11.5 Å². The van der Waals surface area contributed by atoms with Gasteiger partial charge in [0.05, 0.1) is 0 Å². The Morgan fingerprint density at radius 1 is 0.900 bits per heavy atom. The van der Waals surface area contributed by atoms with Gasteiger partial charge in [0.1, 0.15) is 0 Å². The summed E-state index contributed by atoms with van der Waals surface area (Å²) in [4.78, 5) is 0. The highest BCUT2D eigenvalue weighted by atomic mass is 16.7. The summed E-state index contributed by atoms with van der Waals surface area (Å²) in [5.74, 6) is 2.95. The first-order valence-electron chi connectivity index (χ1n) is 6.57. The third-order valence-corrected chi connectivity index (χ3v) is 2.95. The number of aryl methyl sites for hydroxylation is 1. The van der Waals surface area contributed by atoms with Crippen LogP contribution in [0.3, 0.4) is 0 Å². The number of allylic oxidation sites excluding steroid dienone is 3. The van der Waals surface area contributed by atoms with E-state index in [0.29, 0.717) is 0 Å². The monoisotopic (exact) mass is 263 g/mol. The molecule has 0 fully saturated rings. The molecule has 0 aliphatic rings. The molecule has 0 N–H and O–H groups in total. The van der Waals surface area contributed by atoms with E-state index in [-0.39, 0.29) is 0 Å². The minimum absolute atomic E-state index is 0.912. The van der Waals surface area contributed by atoms with Crippen molar-refractivity contribution in [1.82, 2.24) is 0 Å². The predicted molar refractivity (Wildman–Crippen MR) is 86.2 cm³/mol. The first kappa shape index (κ1) is 13.9. The van der Waals surface area contributed by atoms with Gasteiger partial charge in [0.15, 0.2) is 0 Å². The summed E-state index contributed by atoms with van der Waals surface area (Å²) in [5.41, 5.74) is 1.23. The summed E-state index contributed by atoms with van der Waals surface area (Å²) in [6, 6.07) is 18.5. The molecule has 1 heteroatoms. The van der Waals surface area contributed by atoms with Crippen molar-refractivity contribution in [3.05, 3.63) is 97.3 Å². The molecule has 2 aromatic rings. The van der Waals surface area contributed by atoms with Gasteiger partial charge < -0.3 is 4.37 Å². The van der Waals surface area contributed by atoms with Crippen molar-refractivity contribution in [3.63, 3.8) is 0 Å². The molecule has 2 aromatic carbocycles. The largest absolute Gasteiger partial charge is 0.499 e. The van der Waals surface area contributed by atoms with Crippen molar-refractivity contribution in [2.24, 2.45) is 0 Å². The zero-order valence-electron chi connectivity index (χ0n) is 11.8. The first-order chi connectivity index (χ1) is 9.76. The van der Waals surface area contributed by atoms with Crippen molar-refractivity contribution in [1.29, 1.82) is 0 Å². The van der Waals surface area contributed by atoms with Crippen LogP contribution in [-0.4, -0.2) is 0 Å². The van der Waals surface area contributed by atoms with Gasteiger partial charge in [-0.05, 0) is 6.92 Å². The Balaban J connectivity index is 2.54. The molecule has 0 saturated heterocycles. The van der Waals surface area contributed by atoms with Crippen LogP contribution in [0.5, 0.6) is 11.5 Å². The molecule has 20 heavy (non-hydrogen) atoms. The molecule has 100 valence electrons. The molecule has 0 bridgehead atoms. The van der Waals surface area contributed by atoms with Gasteiger partial charge in [-0.15, -0.1) is 0 Å². The lowest BCUT2D eigenvalue weighted by Crippen LogP contribution is -2.11. The third-order valence-electron chi connectivity index (χ3n) is 2.95. The summed E-state index contributed by atoms with van der Waals surface area (Å²) >= 11 is 0. The molecule has 0 unspecified atom stereocenters. The summed E-state index contributed by atoms with van der Waals surface area (Å²) in [5, 5.41) is 0. The van der Waals surface area contributed by atoms with Crippen LogP contribution in [-0.2, 0) is 0 Å². The van der Waals surface area contributed by atoms with Crippen LogP contribution in [0.2, 0.25) is 0 Å². The van der Waals surface area contributed by atoms with Crippen LogP contribution >= 0.6 is 0 Å². The fourth-order valence-corrected chi connectivity index (χ4v) is 1.97. The van der Waals surface area contributed by atoms with Crippen LogP contribution < -0.4 is 4.37 Å². The molecule has 0 atom stereocenters. The third kappa shape index (κ3) is 3.07. The predicted octanol–water partition coefficient (Wildman–Crippen LogP) is 5.58. The van der Waals surface area contributed by atoms with E-state index in [4.69, 9.17) is 0 Å². The Morgan fingerprint density at radius 3 is 2.05 bits per heavy atom. The van der Waals surface area contributed by atoms with Gasteiger partial charge in [-0.3, -0.25) is 0 Å². The molecule has 0 saturated carbocycles. The SMILES string of the molecule is C=C/C=C(\C=C)[O+](c1ccccc1)c1ccc(C)cc1. The van der Waals surface area contributed by atoms with E-state index in [9.17, 15) is 0 Å². The minimum atomic E-state index is 0.912. The smallest absolute Gasteiger partial charge is 0.267 e. The van der Waals surface area contributed by atoms with Gasteiger partial charge in [0.25, 0.3) is 17.3 Å². The van der Waals surface area contributed by atoms with E-state index in [1.165, 1.54) is 5.56 Å². The molecule has 0 heterocycles. The van der Waals surface area contributed by atoms with Crippen molar-refractivity contribution in [2.75, 3.05) is 0 Å². The average molecular weight is 263 g/mol. The zero-order chi connectivity index (χ0) is 14.4. The Kier molecular flexibility index (Phi) is 4.56. The maximum Gasteiger partial charge on any atom is 0.267 e. The highest BCUT2D eigenvalue weighted by Gasteiger charge is 2.19. The van der Waals surface area contributed by atoms with E-state index in [0.717, 1.165) is 17.3 Å². The molecule has 0 spiro atoms. The lowest BCUT2D eigenvalue weighted by molar-refractivity contribution is 0.203. The molecule has 0 aliphatic carbocycles. The summed E-state index contributed by atoms with van der Waals surface area (Å²) in [7, 11) is 0. The fraction of sp³-hybridized carbons (Fsp3) is 0.0526. The highest BCUT2D eigenvalue weighted by molar-refractivity contribution is 5.40. The van der Waals surface area contributed by atoms with E-state index >= 15 is 0 Å². The van der Waals surface area contributed by atoms with Crippen LogP contribution in [0.1, 0.15) is 5.56 Å². The van der Waals surface area contributed by atoms with Crippen LogP contribution in [0, 0.1) is 6.92 Å². The number of rotatable bonds is 5. The van der Waals surface area contributed by atoms with Crippen molar-refractivity contribution in [2.45, 2.75) is 6.92 Å². The zero-order valence-corrected chi connectivity index (χ0v) is 11.8. The Bertz CT molecular complexity index is 606. The molecule has 0 aliphatic heterocycles. The molecular formula is C19H19O+. The van der Waals surface area contributed by atoms with E-state index < -0.39 is 0 Å². The van der Waals surface area contributed by atoms with Crippen molar-refractivity contribution < 1.29 is 4.37 Å². The van der Waals surface area contributed by atoms with Gasteiger partial charge in [-0.2, -0.15) is 0 Å². The Morgan fingerprint density at radius 2 is 1.50 bits per heavy atom. The summed E-state index contributed by atoms with van der Waals surface area (Å²) in [6.45, 7) is 9.74. The second-order valence-corrected chi connectivity index (χ2v) is 4.44. The number of para-hydroxylation sites is 1. The van der Waals surface area contributed by atoms with Crippen LogP contribution in [0.15, 0.2) is 91.7 Å². The standard InChI is InChI=1S/C19H19O/c1-4-9-17(5-2)20(18-10-7-6-8-11-18)19-14-12-16(3)13-15-19/h4-15H,1-2H2,3H3/q+1/b17-9+. The quantitative estimate of drug-likeness (QED) is 0.376. The minimum Gasteiger partial charge on any atom is -0.499 e. The van der Waals surface area contributed by atoms with Gasteiger partial charge in [0, 0.05) is 36.4 Å². The van der Waals surface area contributed by atoms with Gasteiger partial charge in [0.2, 0.25) is 0 Å². The van der Waals surface area contributed by atoms with Crippen LogP contribution in [0.4, 0.5) is 0 Å². The van der Waals surface area contributed by atoms with Gasteiger partial charge >= 0.3 is 0 Å². The molecule has 1 nitrogen and oxygen atoms in total. The molecule has 0 amide bonds. The maximum atomic E-state index is 3.89. The number of hydrogen-bond donors (Lipinski definition) is 0. The summed E-state index contributed by atoms with van der Waals surface area (Å²) < 4.78 is 3.14. The van der Waals surface area contributed by atoms with Crippen LogP contribution in [0.25, 0.3) is 0 Å². The van der Waals surface area contributed by atoms with Crippen molar-refractivity contribution >= 4 is 0 Å². The second-order valence-electron chi connectivity index (χ2n) is 4.44. The number of benzene rings is 2. The maximum absolute atomic E-state index is 3.89. The molecular weight excluding hydrogens is 244 g/mol. The van der Waals surface area contributed by atoms with E-state index in [1.807, 2.05) is 36.4 Å². The lowest BCUT2D eigenvalue weighted by atomic mass is 10.2. The van der Waals surface area contributed by atoms with Gasteiger partial charge in [-0.25, -0.2) is 0 Å². The lowest BCUT2D eigenvalue weighted by Gasteiger charge is -2.22. The Hall–Kier alpha value is -2.54. The second kappa shape index (κ2) is 6.58. The fourth-order valence-electron chi connectivity index (χ4n) is 1.97. The van der Waals surface area contributed by atoms with Gasteiger partial charge in [-0.1, -0.05) is 55.1 Å². The highest BCUT2D eigenvalue weighted by Crippen LogP contribution is 2.33. The number of hydrogen-bond acceptors (Lipinski definition) is 0. The Labute approximate surface area is 120 Å². The molecule has 0 radical (unpaired) electrons. The molecule has 0 aromatic heterocycles. The topological polar surface area (TPSA) is 2.70 Å². The molecule has 2 rings (SSSR count). The average Bonchev–Trinajstić information content (AvgIpc) is 2.49. The first-order valence-corrected chi connectivity index (χ1v) is 6.57.